The van der Waals surface area contributed by atoms with Crippen LogP contribution < -0.4 is 5.11 Å². The van der Waals surface area contributed by atoms with Gasteiger partial charge in [0, 0.05) is 30.8 Å². The third-order valence-corrected chi connectivity index (χ3v) is 3.69. The first kappa shape index (κ1) is 16.4. The van der Waals surface area contributed by atoms with Gasteiger partial charge in [0.2, 0.25) is 0 Å². The van der Waals surface area contributed by atoms with E-state index in [9.17, 15) is 9.90 Å². The minimum Gasteiger partial charge on any atom is -0.550 e. The highest BCUT2D eigenvalue weighted by Gasteiger charge is 2.14. The van der Waals surface area contributed by atoms with Gasteiger partial charge in [-0.05, 0) is 12.0 Å². The monoisotopic (exact) mass is 317 g/mol. The lowest BCUT2D eigenvalue weighted by molar-refractivity contribution is -0.304. The van der Waals surface area contributed by atoms with Crippen LogP contribution in [0.15, 0.2) is 30.3 Å². The van der Waals surface area contributed by atoms with Crippen molar-refractivity contribution < 1.29 is 9.90 Å². The largest absolute Gasteiger partial charge is 0.550 e. The van der Waals surface area contributed by atoms with Crippen molar-refractivity contribution in [3.8, 4) is 0 Å². The van der Waals surface area contributed by atoms with Crippen molar-refractivity contribution in [2.45, 2.75) is 39.0 Å². The molecular weight excluding hydrogens is 300 g/mol. The summed E-state index contributed by atoms with van der Waals surface area (Å²) >= 11 is 6.18. The van der Waals surface area contributed by atoms with Crippen LogP contribution in [0.5, 0.6) is 0 Å². The van der Waals surface area contributed by atoms with Gasteiger partial charge in [0.25, 0.3) is 0 Å². The molecule has 0 unspecified atom stereocenters. The van der Waals surface area contributed by atoms with Crippen molar-refractivity contribution in [3.05, 3.63) is 58.1 Å². The zero-order chi connectivity index (χ0) is 15.9. The molecule has 1 aromatic heterocycles. The van der Waals surface area contributed by atoms with Gasteiger partial charge in [0.1, 0.15) is 11.0 Å². The molecule has 0 bridgehead atoms. The first-order valence-electron chi connectivity index (χ1n) is 7.38. The topological polar surface area (TPSA) is 65.9 Å². The highest BCUT2D eigenvalue weighted by atomic mass is 35.5. The minimum atomic E-state index is -1.18. The number of halogens is 1. The Bertz CT molecular complexity index is 645. The standard InChI is InChI=1S/C17H19ClN2O2/c1-2-3-9-15-19-14(10-12-7-5-4-6-8-12)13(11-16(21)22)17(18)20-15/h4-8H,2-3,9-11H2,1H3,(H,21,22)/p-1. The second-order valence-corrected chi connectivity index (χ2v) is 5.53. The predicted molar refractivity (Wildman–Crippen MR) is 83.6 cm³/mol. The van der Waals surface area contributed by atoms with Crippen molar-refractivity contribution in [3.63, 3.8) is 0 Å². The number of carbonyl (C=O) groups is 1. The molecule has 0 radical (unpaired) electrons. The smallest absolute Gasteiger partial charge is 0.136 e. The molecule has 4 nitrogen and oxygen atoms in total. The number of aryl methyl sites for hydroxylation is 1. The lowest BCUT2D eigenvalue weighted by Gasteiger charge is -2.13. The highest BCUT2D eigenvalue weighted by molar-refractivity contribution is 6.30. The summed E-state index contributed by atoms with van der Waals surface area (Å²) in [4.78, 5) is 19.7. The van der Waals surface area contributed by atoms with E-state index in [4.69, 9.17) is 11.6 Å². The Morgan fingerprint density at radius 2 is 1.95 bits per heavy atom. The van der Waals surface area contributed by atoms with Crippen LogP contribution in [0.2, 0.25) is 5.15 Å². The van der Waals surface area contributed by atoms with Gasteiger partial charge < -0.3 is 9.90 Å². The number of benzene rings is 1. The van der Waals surface area contributed by atoms with Crippen molar-refractivity contribution >= 4 is 17.6 Å². The summed E-state index contributed by atoms with van der Waals surface area (Å²) in [5, 5.41) is 11.2. The van der Waals surface area contributed by atoms with Crippen LogP contribution in [0.3, 0.4) is 0 Å². The molecule has 5 heteroatoms. The number of unbranched alkanes of at least 4 members (excludes halogenated alkanes) is 1. The predicted octanol–water partition coefficient (Wildman–Crippen LogP) is 2.36. The number of carbonyl (C=O) groups excluding carboxylic acids is 1. The zero-order valence-electron chi connectivity index (χ0n) is 12.5. The third-order valence-electron chi connectivity index (χ3n) is 3.38. The van der Waals surface area contributed by atoms with Crippen LogP contribution in [-0.4, -0.2) is 15.9 Å². The van der Waals surface area contributed by atoms with Crippen molar-refractivity contribution in [1.82, 2.24) is 9.97 Å². The molecule has 0 spiro atoms. The fourth-order valence-corrected chi connectivity index (χ4v) is 2.52. The molecule has 0 saturated carbocycles. The number of carboxylic acid groups (broad SMARTS) is 1. The first-order valence-corrected chi connectivity index (χ1v) is 7.76. The molecule has 1 heterocycles. The van der Waals surface area contributed by atoms with Crippen LogP contribution >= 0.6 is 11.6 Å². The second-order valence-electron chi connectivity index (χ2n) is 5.17. The Kier molecular flexibility index (Phi) is 5.90. The number of rotatable bonds is 7. The van der Waals surface area contributed by atoms with E-state index in [-0.39, 0.29) is 11.6 Å². The van der Waals surface area contributed by atoms with Crippen LogP contribution in [0.1, 0.15) is 42.4 Å². The third kappa shape index (κ3) is 4.53. The van der Waals surface area contributed by atoms with E-state index in [0.29, 0.717) is 23.5 Å². The fraction of sp³-hybridized carbons (Fsp3) is 0.353. The number of hydrogen-bond donors (Lipinski definition) is 0. The quantitative estimate of drug-likeness (QED) is 0.735. The molecule has 0 aliphatic rings. The van der Waals surface area contributed by atoms with E-state index in [1.165, 1.54) is 0 Å². The first-order chi connectivity index (χ1) is 10.6. The SMILES string of the molecule is CCCCc1nc(Cl)c(CC(=O)[O-])c(Cc2ccccc2)n1. The maximum absolute atomic E-state index is 11.0. The van der Waals surface area contributed by atoms with Crippen molar-refractivity contribution in [2.75, 3.05) is 0 Å². The van der Waals surface area contributed by atoms with E-state index >= 15 is 0 Å². The van der Waals surface area contributed by atoms with E-state index in [0.717, 1.165) is 24.8 Å². The summed E-state index contributed by atoms with van der Waals surface area (Å²) in [6, 6.07) is 9.77. The van der Waals surface area contributed by atoms with Gasteiger partial charge in [0.05, 0.1) is 5.69 Å². The summed E-state index contributed by atoms with van der Waals surface area (Å²) in [5.41, 5.74) is 2.17. The van der Waals surface area contributed by atoms with Crippen LogP contribution in [0.25, 0.3) is 0 Å². The Hall–Kier alpha value is -1.94. The normalized spacial score (nSPS) is 10.6. The summed E-state index contributed by atoms with van der Waals surface area (Å²) in [6.45, 7) is 2.09. The average molecular weight is 318 g/mol. The molecule has 116 valence electrons. The van der Waals surface area contributed by atoms with Crippen LogP contribution in [0.4, 0.5) is 0 Å². The van der Waals surface area contributed by atoms with E-state index in [1.54, 1.807) is 0 Å². The van der Waals surface area contributed by atoms with Gasteiger partial charge >= 0.3 is 0 Å². The van der Waals surface area contributed by atoms with Gasteiger partial charge in [-0.25, -0.2) is 9.97 Å². The number of hydrogen-bond acceptors (Lipinski definition) is 4. The molecule has 1 aromatic carbocycles. The molecule has 22 heavy (non-hydrogen) atoms. The van der Waals surface area contributed by atoms with Crippen LogP contribution in [-0.2, 0) is 24.1 Å². The number of aliphatic carboxylic acids is 1. The molecule has 0 fully saturated rings. The molecule has 2 aromatic rings. The molecule has 2 rings (SSSR count). The lowest BCUT2D eigenvalue weighted by Crippen LogP contribution is -2.25. The van der Waals surface area contributed by atoms with E-state index in [1.807, 2.05) is 30.3 Å². The average Bonchev–Trinajstić information content (AvgIpc) is 2.49. The van der Waals surface area contributed by atoms with Gasteiger partial charge in [0.15, 0.2) is 0 Å². The number of nitrogens with zero attached hydrogens (tertiary/aromatic N) is 2. The van der Waals surface area contributed by atoms with Gasteiger partial charge in [-0.15, -0.1) is 0 Å². The van der Waals surface area contributed by atoms with Gasteiger partial charge in [-0.3, -0.25) is 0 Å². The summed E-state index contributed by atoms with van der Waals surface area (Å²) in [7, 11) is 0. The Morgan fingerprint density at radius 3 is 2.59 bits per heavy atom. The van der Waals surface area contributed by atoms with E-state index < -0.39 is 5.97 Å². The minimum absolute atomic E-state index is 0.219. The lowest BCUT2D eigenvalue weighted by atomic mass is 10.0. The zero-order valence-corrected chi connectivity index (χ0v) is 13.3. The number of carboxylic acids is 1. The molecule has 0 saturated heterocycles. The summed E-state index contributed by atoms with van der Waals surface area (Å²) in [5.74, 6) is -0.513. The molecule has 0 N–H and O–H groups in total. The van der Waals surface area contributed by atoms with Gasteiger partial charge in [-0.2, -0.15) is 0 Å². The Balaban J connectivity index is 2.37. The Morgan fingerprint density at radius 1 is 1.23 bits per heavy atom. The fourth-order valence-electron chi connectivity index (χ4n) is 2.25. The summed E-state index contributed by atoms with van der Waals surface area (Å²) in [6.07, 6.45) is 3.01. The number of aromatic nitrogens is 2. The van der Waals surface area contributed by atoms with Crippen molar-refractivity contribution in [1.29, 1.82) is 0 Å². The molecule has 0 atom stereocenters. The molecular formula is C17H18ClN2O2-. The maximum Gasteiger partial charge on any atom is 0.136 e. The van der Waals surface area contributed by atoms with E-state index in [2.05, 4.69) is 16.9 Å². The highest BCUT2D eigenvalue weighted by Crippen LogP contribution is 2.21. The second kappa shape index (κ2) is 7.90. The molecule has 0 aliphatic heterocycles. The molecule has 0 amide bonds. The molecule has 0 aliphatic carbocycles. The van der Waals surface area contributed by atoms with Crippen molar-refractivity contribution in [2.24, 2.45) is 0 Å². The maximum atomic E-state index is 11.0. The summed E-state index contributed by atoms with van der Waals surface area (Å²) < 4.78 is 0. The Labute approximate surface area is 135 Å². The van der Waals surface area contributed by atoms with Crippen LogP contribution in [0, 0.1) is 0 Å². The van der Waals surface area contributed by atoms with Gasteiger partial charge in [-0.1, -0.05) is 55.3 Å².